The second kappa shape index (κ2) is 5.60. The Morgan fingerprint density at radius 3 is 2.47 bits per heavy atom. The number of carbonyl (C=O) groups is 2. The summed E-state index contributed by atoms with van der Waals surface area (Å²) in [5.41, 5.74) is -0.265. The zero-order valence-electron chi connectivity index (χ0n) is 11.1. The van der Waals surface area contributed by atoms with Gasteiger partial charge in [0.2, 0.25) is 0 Å². The summed E-state index contributed by atoms with van der Waals surface area (Å²) in [5, 5.41) is 20.9. The van der Waals surface area contributed by atoms with E-state index in [0.717, 1.165) is 0 Å². The molecular weight excluding hydrogens is 250 g/mol. The van der Waals surface area contributed by atoms with Gasteiger partial charge in [-0.2, -0.15) is 0 Å². The first kappa shape index (κ1) is 14.8. The van der Waals surface area contributed by atoms with Crippen LogP contribution in [0.4, 0.5) is 4.79 Å². The van der Waals surface area contributed by atoms with E-state index in [4.69, 9.17) is 9.84 Å². The molecular formula is C13H17NO5. The highest BCUT2D eigenvalue weighted by Gasteiger charge is 2.16. The van der Waals surface area contributed by atoms with Gasteiger partial charge < -0.3 is 20.3 Å². The molecule has 6 nitrogen and oxygen atoms in total. The molecule has 19 heavy (non-hydrogen) atoms. The van der Waals surface area contributed by atoms with E-state index in [1.54, 1.807) is 20.8 Å². The van der Waals surface area contributed by atoms with Gasteiger partial charge in [-0.05, 0) is 39.0 Å². The van der Waals surface area contributed by atoms with E-state index in [1.807, 2.05) is 0 Å². The number of ether oxygens (including phenoxy) is 1. The lowest BCUT2D eigenvalue weighted by Crippen LogP contribution is -2.32. The van der Waals surface area contributed by atoms with Crippen LogP contribution in [0.1, 0.15) is 36.7 Å². The van der Waals surface area contributed by atoms with Gasteiger partial charge in [0.25, 0.3) is 0 Å². The summed E-state index contributed by atoms with van der Waals surface area (Å²) in [5.74, 6) is -1.18. The summed E-state index contributed by atoms with van der Waals surface area (Å²) >= 11 is 0. The summed E-state index contributed by atoms with van der Waals surface area (Å²) in [7, 11) is 0. The van der Waals surface area contributed by atoms with Crippen LogP contribution in [-0.2, 0) is 11.3 Å². The fraction of sp³-hybridized carbons (Fsp3) is 0.385. The first-order chi connectivity index (χ1) is 8.69. The van der Waals surface area contributed by atoms with Crippen LogP contribution in [0.3, 0.4) is 0 Å². The monoisotopic (exact) mass is 267 g/mol. The van der Waals surface area contributed by atoms with Gasteiger partial charge in [0.1, 0.15) is 11.4 Å². The van der Waals surface area contributed by atoms with Crippen molar-refractivity contribution in [2.75, 3.05) is 0 Å². The van der Waals surface area contributed by atoms with Crippen molar-refractivity contribution < 1.29 is 24.5 Å². The third-order valence-electron chi connectivity index (χ3n) is 2.15. The van der Waals surface area contributed by atoms with Crippen molar-refractivity contribution in [2.45, 2.75) is 32.9 Å². The number of phenolic OH excluding ortho intramolecular Hbond substituents is 1. The zero-order valence-corrected chi connectivity index (χ0v) is 11.1. The molecule has 0 aromatic heterocycles. The second-order valence-electron chi connectivity index (χ2n) is 5.00. The Kier molecular flexibility index (Phi) is 4.37. The fourth-order valence-corrected chi connectivity index (χ4v) is 1.34. The van der Waals surface area contributed by atoms with E-state index in [0.29, 0.717) is 5.56 Å². The first-order valence-corrected chi connectivity index (χ1v) is 5.71. The Morgan fingerprint density at radius 1 is 1.32 bits per heavy atom. The number of carboxylic acids is 1. The highest BCUT2D eigenvalue weighted by atomic mass is 16.6. The van der Waals surface area contributed by atoms with Crippen molar-refractivity contribution in [2.24, 2.45) is 0 Å². The molecule has 1 amide bonds. The van der Waals surface area contributed by atoms with E-state index in [9.17, 15) is 14.7 Å². The highest BCUT2D eigenvalue weighted by molar-refractivity contribution is 5.88. The number of nitrogens with one attached hydrogen (secondary N) is 1. The highest BCUT2D eigenvalue weighted by Crippen LogP contribution is 2.18. The molecule has 104 valence electrons. The van der Waals surface area contributed by atoms with E-state index in [2.05, 4.69) is 5.32 Å². The molecule has 0 bridgehead atoms. The minimum Gasteiger partial charge on any atom is -0.508 e. The molecule has 3 N–H and O–H groups in total. The number of rotatable bonds is 3. The normalized spacial score (nSPS) is 10.9. The molecule has 1 aromatic carbocycles. The second-order valence-corrected chi connectivity index (χ2v) is 5.00. The number of carbonyl (C=O) groups excluding carboxylic acids is 1. The average Bonchev–Trinajstić information content (AvgIpc) is 2.25. The fourth-order valence-electron chi connectivity index (χ4n) is 1.34. The number of aromatic carboxylic acids is 1. The third kappa shape index (κ3) is 4.87. The molecule has 0 heterocycles. The quantitative estimate of drug-likeness (QED) is 0.779. The van der Waals surface area contributed by atoms with Crippen molar-refractivity contribution >= 4 is 12.1 Å². The van der Waals surface area contributed by atoms with E-state index in [-0.39, 0.29) is 17.9 Å². The lowest BCUT2D eigenvalue weighted by atomic mass is 10.1. The summed E-state index contributed by atoms with van der Waals surface area (Å²) in [4.78, 5) is 22.2. The van der Waals surface area contributed by atoms with Crippen molar-refractivity contribution in [1.82, 2.24) is 5.32 Å². The minimum absolute atomic E-state index is 0.0120. The predicted octanol–water partition coefficient (Wildman–Crippen LogP) is 2.12. The Hall–Kier alpha value is -2.24. The number of aromatic hydroxyl groups is 1. The summed E-state index contributed by atoms with van der Waals surface area (Å²) < 4.78 is 5.03. The number of benzene rings is 1. The largest absolute Gasteiger partial charge is 0.508 e. The smallest absolute Gasteiger partial charge is 0.407 e. The number of amides is 1. The van der Waals surface area contributed by atoms with Crippen molar-refractivity contribution in [3.05, 3.63) is 29.3 Å². The van der Waals surface area contributed by atoms with Gasteiger partial charge in [0, 0.05) is 12.1 Å². The number of carboxylic acid groups (broad SMARTS) is 1. The standard InChI is InChI=1S/C13H17NO5/c1-13(2,3)19-12(18)14-7-9-6-8(11(16)17)4-5-10(9)15/h4-6,15H,7H2,1-3H3,(H,14,18)(H,16,17). The van der Waals surface area contributed by atoms with Crippen molar-refractivity contribution in [1.29, 1.82) is 0 Å². The van der Waals surface area contributed by atoms with Crippen LogP contribution in [0.5, 0.6) is 5.75 Å². The Balaban J connectivity index is 2.70. The lowest BCUT2D eigenvalue weighted by Gasteiger charge is -2.19. The van der Waals surface area contributed by atoms with E-state index in [1.165, 1.54) is 18.2 Å². The number of hydrogen-bond donors (Lipinski definition) is 3. The van der Waals surface area contributed by atoms with Crippen LogP contribution >= 0.6 is 0 Å². The maximum Gasteiger partial charge on any atom is 0.407 e. The zero-order chi connectivity index (χ0) is 14.6. The van der Waals surface area contributed by atoms with E-state index < -0.39 is 17.7 Å². The average molecular weight is 267 g/mol. The van der Waals surface area contributed by atoms with Gasteiger partial charge in [-0.15, -0.1) is 0 Å². The number of alkyl carbamates (subject to hydrolysis) is 1. The maximum absolute atomic E-state index is 11.4. The summed E-state index contributed by atoms with van der Waals surface area (Å²) in [6.07, 6.45) is -0.632. The van der Waals surface area contributed by atoms with Gasteiger partial charge in [0.05, 0.1) is 5.56 Å². The lowest BCUT2D eigenvalue weighted by molar-refractivity contribution is 0.0523. The molecule has 1 aromatic rings. The summed E-state index contributed by atoms with van der Waals surface area (Å²) in [6, 6.07) is 3.86. The van der Waals surface area contributed by atoms with Crippen molar-refractivity contribution in [3.8, 4) is 5.75 Å². The van der Waals surface area contributed by atoms with Gasteiger partial charge in [0.15, 0.2) is 0 Å². The molecule has 0 saturated carbocycles. The van der Waals surface area contributed by atoms with Crippen LogP contribution in [0.25, 0.3) is 0 Å². The molecule has 0 spiro atoms. The molecule has 0 unspecified atom stereocenters. The number of hydrogen-bond acceptors (Lipinski definition) is 4. The molecule has 0 atom stereocenters. The molecule has 0 radical (unpaired) electrons. The minimum atomic E-state index is -1.10. The van der Waals surface area contributed by atoms with Gasteiger partial charge in [-0.1, -0.05) is 0 Å². The van der Waals surface area contributed by atoms with Crippen LogP contribution in [0.2, 0.25) is 0 Å². The van der Waals surface area contributed by atoms with Crippen LogP contribution in [0, 0.1) is 0 Å². The van der Waals surface area contributed by atoms with Crippen LogP contribution in [0.15, 0.2) is 18.2 Å². The summed E-state index contributed by atoms with van der Waals surface area (Å²) in [6.45, 7) is 5.18. The molecule has 1 rings (SSSR count). The van der Waals surface area contributed by atoms with Crippen LogP contribution < -0.4 is 5.32 Å². The molecule has 0 fully saturated rings. The van der Waals surface area contributed by atoms with Crippen molar-refractivity contribution in [3.63, 3.8) is 0 Å². The van der Waals surface area contributed by atoms with Gasteiger partial charge in [-0.25, -0.2) is 9.59 Å². The topological polar surface area (TPSA) is 95.9 Å². The van der Waals surface area contributed by atoms with E-state index >= 15 is 0 Å². The first-order valence-electron chi connectivity index (χ1n) is 5.71. The van der Waals surface area contributed by atoms with Gasteiger partial charge in [-0.3, -0.25) is 0 Å². The van der Waals surface area contributed by atoms with Gasteiger partial charge >= 0.3 is 12.1 Å². The third-order valence-corrected chi connectivity index (χ3v) is 2.15. The molecule has 0 aliphatic rings. The molecule has 0 aliphatic carbocycles. The predicted molar refractivity (Wildman–Crippen MR) is 68.1 cm³/mol. The van der Waals surface area contributed by atoms with Crippen LogP contribution in [-0.4, -0.2) is 27.9 Å². The molecule has 0 aliphatic heterocycles. The SMILES string of the molecule is CC(C)(C)OC(=O)NCc1cc(C(=O)O)ccc1O. The Labute approximate surface area is 111 Å². The maximum atomic E-state index is 11.4. The Morgan fingerprint density at radius 2 is 1.95 bits per heavy atom. The number of phenols is 1. The Bertz CT molecular complexity index is 490. The molecule has 6 heteroatoms. The molecule has 0 saturated heterocycles.